The minimum atomic E-state index is -1.08. The molecular weight excluding hydrogens is 463 g/mol. The van der Waals surface area contributed by atoms with Gasteiger partial charge in [0, 0.05) is 16.5 Å². The van der Waals surface area contributed by atoms with E-state index in [0.29, 0.717) is 37.7 Å². The molecule has 0 aliphatic carbocycles. The van der Waals surface area contributed by atoms with Crippen molar-refractivity contribution in [1.29, 1.82) is 0 Å². The summed E-state index contributed by atoms with van der Waals surface area (Å²) >= 11 is 13.5. The highest BCUT2D eigenvalue weighted by Gasteiger charge is 2.25. The molecule has 0 unspecified atom stereocenters. The van der Waals surface area contributed by atoms with Crippen LogP contribution in [0.2, 0.25) is 10.0 Å². The lowest BCUT2D eigenvalue weighted by Gasteiger charge is -2.21. The van der Waals surface area contributed by atoms with Gasteiger partial charge in [0.15, 0.2) is 11.5 Å². The number of rotatable bonds is 8. The molecule has 31 heavy (non-hydrogen) atoms. The van der Waals surface area contributed by atoms with Crippen molar-refractivity contribution in [3.05, 3.63) is 63.1 Å². The first-order chi connectivity index (χ1) is 14.8. The van der Waals surface area contributed by atoms with Crippen LogP contribution >= 0.6 is 34.5 Å². The largest absolute Gasteiger partial charge is 0.493 e. The van der Waals surface area contributed by atoms with Crippen LogP contribution in [0.1, 0.15) is 28.5 Å². The highest BCUT2D eigenvalue weighted by atomic mass is 35.5. The van der Waals surface area contributed by atoms with Gasteiger partial charge in [-0.2, -0.15) is 0 Å². The lowest BCUT2D eigenvalue weighted by Crippen LogP contribution is -2.30. The number of halogens is 2. The van der Waals surface area contributed by atoms with Crippen LogP contribution in [0.25, 0.3) is 10.6 Å². The third kappa shape index (κ3) is 5.10. The van der Waals surface area contributed by atoms with Crippen molar-refractivity contribution in [3.8, 4) is 22.1 Å². The zero-order valence-corrected chi connectivity index (χ0v) is 18.8. The van der Waals surface area contributed by atoms with Gasteiger partial charge in [-0.25, -0.2) is 4.98 Å². The Balaban J connectivity index is 1.90. The highest BCUT2D eigenvalue weighted by molar-refractivity contribution is 7.13. The fraction of sp³-hybridized carbons (Fsp3) is 0.190. The van der Waals surface area contributed by atoms with E-state index in [0.717, 1.165) is 0 Å². The van der Waals surface area contributed by atoms with Crippen molar-refractivity contribution in [2.24, 2.45) is 0 Å². The third-order valence-corrected chi connectivity index (χ3v) is 6.11. The molecule has 7 nitrogen and oxygen atoms in total. The van der Waals surface area contributed by atoms with Gasteiger partial charge in [-0.1, -0.05) is 47.5 Å². The van der Waals surface area contributed by atoms with E-state index in [1.54, 1.807) is 41.8 Å². The van der Waals surface area contributed by atoms with Crippen molar-refractivity contribution >= 4 is 46.4 Å². The van der Waals surface area contributed by atoms with Crippen LogP contribution in [0.4, 0.5) is 0 Å². The van der Waals surface area contributed by atoms with Crippen LogP contribution in [-0.4, -0.2) is 36.2 Å². The number of carboxylic acids is 1. The lowest BCUT2D eigenvalue weighted by atomic mass is 10.0. The minimum absolute atomic E-state index is 0.133. The first-order valence-electron chi connectivity index (χ1n) is 8.99. The SMILES string of the molecule is COc1cccc([C@H](CC(=O)O)NC(=O)c2csc(-c3cccc(Cl)c3Cl)n2)c1OC. The number of aliphatic carboxylic acids is 1. The highest BCUT2D eigenvalue weighted by Crippen LogP contribution is 2.37. The maximum Gasteiger partial charge on any atom is 0.305 e. The number of methoxy groups -OCH3 is 2. The third-order valence-electron chi connectivity index (χ3n) is 4.41. The molecule has 1 amide bonds. The molecule has 0 saturated heterocycles. The number of hydrogen-bond acceptors (Lipinski definition) is 6. The van der Waals surface area contributed by atoms with Crippen LogP contribution in [0.5, 0.6) is 11.5 Å². The maximum atomic E-state index is 12.9. The first-order valence-corrected chi connectivity index (χ1v) is 10.6. The van der Waals surface area contributed by atoms with Gasteiger partial charge in [0.1, 0.15) is 10.7 Å². The molecule has 0 spiro atoms. The number of thiazole rings is 1. The molecule has 0 saturated carbocycles. The van der Waals surface area contributed by atoms with Crippen LogP contribution < -0.4 is 14.8 Å². The fourth-order valence-electron chi connectivity index (χ4n) is 3.00. The second-order valence-corrected chi connectivity index (χ2v) is 7.99. The number of nitrogens with zero attached hydrogens (tertiary/aromatic N) is 1. The van der Waals surface area contributed by atoms with Gasteiger partial charge < -0.3 is 19.9 Å². The predicted octanol–water partition coefficient (Wildman–Crippen LogP) is 5.08. The number of benzene rings is 2. The summed E-state index contributed by atoms with van der Waals surface area (Å²) in [7, 11) is 2.92. The molecule has 3 rings (SSSR count). The Labute approximate surface area is 192 Å². The summed E-state index contributed by atoms with van der Waals surface area (Å²) in [6.45, 7) is 0. The molecule has 0 radical (unpaired) electrons. The van der Waals surface area contributed by atoms with Crippen molar-refractivity contribution in [2.75, 3.05) is 14.2 Å². The molecule has 2 aromatic carbocycles. The lowest BCUT2D eigenvalue weighted by molar-refractivity contribution is -0.137. The number of carbonyl (C=O) groups excluding carboxylic acids is 1. The minimum Gasteiger partial charge on any atom is -0.493 e. The zero-order valence-electron chi connectivity index (χ0n) is 16.5. The number of hydrogen-bond donors (Lipinski definition) is 2. The number of nitrogens with one attached hydrogen (secondary N) is 1. The average Bonchev–Trinajstić information content (AvgIpc) is 3.24. The van der Waals surface area contributed by atoms with Gasteiger partial charge in [0.05, 0.1) is 36.7 Å². The topological polar surface area (TPSA) is 97.8 Å². The Bertz CT molecular complexity index is 1120. The molecule has 0 fully saturated rings. The summed E-state index contributed by atoms with van der Waals surface area (Å²) in [5, 5.41) is 14.9. The standard InChI is InChI=1S/C21H18Cl2N2O5S/c1-29-16-8-4-5-11(19(16)30-2)14(9-17(26)27)24-20(28)15-10-31-21(25-15)12-6-3-7-13(22)18(12)23/h3-8,10,14H,9H2,1-2H3,(H,24,28)(H,26,27)/t14-/m0/s1. The summed E-state index contributed by atoms with van der Waals surface area (Å²) < 4.78 is 10.7. The summed E-state index contributed by atoms with van der Waals surface area (Å²) in [6.07, 6.45) is -0.355. The zero-order chi connectivity index (χ0) is 22.5. The molecule has 2 N–H and O–H groups in total. The number of aromatic nitrogens is 1. The van der Waals surface area contributed by atoms with Crippen molar-refractivity contribution in [3.63, 3.8) is 0 Å². The fourth-order valence-corrected chi connectivity index (χ4v) is 4.28. The molecular formula is C21H18Cl2N2O5S. The molecule has 0 bridgehead atoms. The van der Waals surface area contributed by atoms with E-state index in [2.05, 4.69) is 10.3 Å². The second kappa shape index (κ2) is 10.00. The van der Waals surface area contributed by atoms with E-state index in [4.69, 9.17) is 32.7 Å². The van der Waals surface area contributed by atoms with E-state index in [1.165, 1.54) is 25.6 Å². The molecule has 0 aliphatic heterocycles. The van der Waals surface area contributed by atoms with E-state index >= 15 is 0 Å². The molecule has 10 heteroatoms. The summed E-state index contributed by atoms with van der Waals surface area (Å²) in [5.74, 6) is -0.839. The van der Waals surface area contributed by atoms with E-state index in [9.17, 15) is 14.7 Å². The molecule has 0 aliphatic rings. The van der Waals surface area contributed by atoms with E-state index < -0.39 is 17.9 Å². The smallest absolute Gasteiger partial charge is 0.305 e. The van der Waals surface area contributed by atoms with Gasteiger partial charge in [0.2, 0.25) is 0 Å². The molecule has 162 valence electrons. The van der Waals surface area contributed by atoms with Crippen molar-refractivity contribution in [1.82, 2.24) is 10.3 Å². The number of carbonyl (C=O) groups is 2. The Morgan fingerprint density at radius 1 is 1.16 bits per heavy atom. The van der Waals surface area contributed by atoms with E-state index in [1.807, 2.05) is 0 Å². The average molecular weight is 481 g/mol. The normalized spacial score (nSPS) is 11.6. The number of para-hydroxylation sites is 1. The summed E-state index contributed by atoms with van der Waals surface area (Å²) in [4.78, 5) is 28.7. The monoisotopic (exact) mass is 480 g/mol. The van der Waals surface area contributed by atoms with Gasteiger partial charge >= 0.3 is 5.97 Å². The van der Waals surface area contributed by atoms with Gasteiger partial charge in [-0.05, 0) is 12.1 Å². The molecule has 1 aromatic heterocycles. The van der Waals surface area contributed by atoms with E-state index in [-0.39, 0.29) is 12.1 Å². The summed E-state index contributed by atoms with van der Waals surface area (Å²) in [6, 6.07) is 9.34. The van der Waals surface area contributed by atoms with Crippen LogP contribution in [0, 0.1) is 0 Å². The Morgan fingerprint density at radius 3 is 2.58 bits per heavy atom. The van der Waals surface area contributed by atoms with Crippen molar-refractivity contribution in [2.45, 2.75) is 12.5 Å². The van der Waals surface area contributed by atoms with Crippen LogP contribution in [0.15, 0.2) is 41.8 Å². The summed E-state index contributed by atoms with van der Waals surface area (Å²) in [5.41, 5.74) is 1.22. The molecule has 1 atom stereocenters. The molecule has 3 aromatic rings. The van der Waals surface area contributed by atoms with Gasteiger partial charge in [-0.3, -0.25) is 9.59 Å². The number of ether oxygens (including phenoxy) is 2. The Kier molecular flexibility index (Phi) is 7.37. The predicted molar refractivity (Wildman–Crippen MR) is 120 cm³/mol. The Hall–Kier alpha value is -2.81. The second-order valence-electron chi connectivity index (χ2n) is 6.35. The van der Waals surface area contributed by atoms with Crippen molar-refractivity contribution < 1.29 is 24.2 Å². The number of amides is 1. The number of carboxylic acid groups (broad SMARTS) is 1. The molecule has 1 heterocycles. The maximum absolute atomic E-state index is 12.9. The quantitative estimate of drug-likeness (QED) is 0.466. The van der Waals surface area contributed by atoms with Gasteiger partial charge in [0.25, 0.3) is 5.91 Å². The van der Waals surface area contributed by atoms with Crippen LogP contribution in [0.3, 0.4) is 0 Å². The van der Waals surface area contributed by atoms with Crippen LogP contribution in [-0.2, 0) is 4.79 Å². The van der Waals surface area contributed by atoms with Gasteiger partial charge in [-0.15, -0.1) is 11.3 Å². The Morgan fingerprint density at radius 2 is 1.90 bits per heavy atom. The first kappa shape index (κ1) is 22.9.